The zero-order valence-electron chi connectivity index (χ0n) is 8.63. The van der Waals surface area contributed by atoms with Crippen molar-refractivity contribution < 1.29 is 14.0 Å². The molecular formula is C10H16NO2+. The SMILES string of the molecule is C=C(C)C(=O)C1OC=C1[N+](C)(C)C. The van der Waals surface area contributed by atoms with Crippen molar-refractivity contribution >= 4 is 5.78 Å². The zero-order valence-corrected chi connectivity index (χ0v) is 8.63. The molecular weight excluding hydrogens is 166 g/mol. The second kappa shape index (κ2) is 3.00. The zero-order chi connectivity index (χ0) is 10.2. The van der Waals surface area contributed by atoms with Crippen LogP contribution in [0.15, 0.2) is 24.1 Å². The minimum atomic E-state index is -0.405. The fraction of sp³-hybridized carbons (Fsp3) is 0.500. The smallest absolute Gasteiger partial charge is 0.236 e. The van der Waals surface area contributed by atoms with E-state index >= 15 is 0 Å². The van der Waals surface area contributed by atoms with Gasteiger partial charge in [-0.2, -0.15) is 0 Å². The summed E-state index contributed by atoms with van der Waals surface area (Å²) < 4.78 is 5.73. The molecule has 0 fully saturated rings. The van der Waals surface area contributed by atoms with E-state index in [1.54, 1.807) is 13.2 Å². The maximum absolute atomic E-state index is 11.5. The molecule has 1 atom stereocenters. The van der Waals surface area contributed by atoms with Gasteiger partial charge in [0.2, 0.25) is 11.9 Å². The molecule has 3 heteroatoms. The van der Waals surface area contributed by atoms with Gasteiger partial charge in [0.15, 0.2) is 5.70 Å². The number of ether oxygens (including phenoxy) is 1. The topological polar surface area (TPSA) is 26.3 Å². The lowest BCUT2D eigenvalue weighted by Crippen LogP contribution is -2.47. The van der Waals surface area contributed by atoms with Gasteiger partial charge in [0.25, 0.3) is 0 Å². The summed E-state index contributed by atoms with van der Waals surface area (Å²) in [6.45, 7) is 5.32. The van der Waals surface area contributed by atoms with E-state index in [4.69, 9.17) is 4.74 Å². The fourth-order valence-corrected chi connectivity index (χ4v) is 1.13. The summed E-state index contributed by atoms with van der Waals surface area (Å²) in [5, 5.41) is 0. The number of rotatable bonds is 3. The molecule has 0 aliphatic carbocycles. The summed E-state index contributed by atoms with van der Waals surface area (Å²) in [6, 6.07) is 0. The Morgan fingerprint density at radius 1 is 1.54 bits per heavy atom. The van der Waals surface area contributed by atoms with E-state index in [0.717, 1.165) is 5.70 Å². The Kier molecular flexibility index (Phi) is 2.30. The highest BCUT2D eigenvalue weighted by Crippen LogP contribution is 2.26. The molecule has 0 spiro atoms. The van der Waals surface area contributed by atoms with Crippen LogP contribution in [0.1, 0.15) is 6.92 Å². The molecule has 1 aliphatic heterocycles. The Morgan fingerprint density at radius 2 is 2.08 bits per heavy atom. The van der Waals surface area contributed by atoms with Crippen molar-refractivity contribution in [3.8, 4) is 0 Å². The Bertz CT molecular complexity index is 284. The molecule has 1 rings (SSSR count). The van der Waals surface area contributed by atoms with Crippen LogP contribution < -0.4 is 0 Å². The molecule has 3 nitrogen and oxygen atoms in total. The van der Waals surface area contributed by atoms with Crippen molar-refractivity contribution in [3.05, 3.63) is 24.1 Å². The summed E-state index contributed by atoms with van der Waals surface area (Å²) in [6.07, 6.45) is 1.24. The average molecular weight is 182 g/mol. The number of hydrogen-bond donors (Lipinski definition) is 0. The maximum Gasteiger partial charge on any atom is 0.236 e. The van der Waals surface area contributed by atoms with Crippen LogP contribution in [0.25, 0.3) is 0 Å². The van der Waals surface area contributed by atoms with Crippen molar-refractivity contribution in [2.45, 2.75) is 13.0 Å². The van der Waals surface area contributed by atoms with Gasteiger partial charge in [-0.15, -0.1) is 0 Å². The third-order valence-electron chi connectivity index (χ3n) is 2.03. The largest absolute Gasteiger partial charge is 0.473 e. The predicted octanol–water partition coefficient (Wildman–Crippen LogP) is 1.08. The molecule has 1 aliphatic rings. The van der Waals surface area contributed by atoms with Gasteiger partial charge in [0, 0.05) is 0 Å². The van der Waals surface area contributed by atoms with Crippen molar-refractivity contribution in [1.29, 1.82) is 0 Å². The van der Waals surface area contributed by atoms with E-state index in [0.29, 0.717) is 10.1 Å². The first-order valence-corrected chi connectivity index (χ1v) is 4.21. The molecule has 13 heavy (non-hydrogen) atoms. The predicted molar refractivity (Wildman–Crippen MR) is 50.8 cm³/mol. The first-order valence-electron chi connectivity index (χ1n) is 4.21. The molecule has 72 valence electrons. The Labute approximate surface area is 78.9 Å². The van der Waals surface area contributed by atoms with Gasteiger partial charge in [-0.3, -0.25) is 9.28 Å². The normalized spacial score (nSPS) is 21.2. The first-order chi connectivity index (χ1) is 5.84. The average Bonchev–Trinajstić information content (AvgIpc) is 1.79. The van der Waals surface area contributed by atoms with Gasteiger partial charge in [-0.05, 0) is 12.5 Å². The third kappa shape index (κ3) is 1.80. The molecule has 0 saturated carbocycles. The summed E-state index contributed by atoms with van der Waals surface area (Å²) >= 11 is 0. The maximum atomic E-state index is 11.5. The lowest BCUT2D eigenvalue weighted by molar-refractivity contribution is -0.838. The summed E-state index contributed by atoms with van der Waals surface area (Å²) in [5.41, 5.74) is 1.54. The van der Waals surface area contributed by atoms with Gasteiger partial charge < -0.3 is 4.74 Å². The highest BCUT2D eigenvalue weighted by Gasteiger charge is 2.40. The number of nitrogens with zero attached hydrogens (tertiary/aromatic N) is 1. The van der Waals surface area contributed by atoms with E-state index in [1.165, 1.54) is 0 Å². The third-order valence-corrected chi connectivity index (χ3v) is 2.03. The van der Waals surface area contributed by atoms with E-state index in [2.05, 4.69) is 6.58 Å². The first kappa shape index (κ1) is 9.99. The van der Waals surface area contributed by atoms with Crippen LogP contribution in [0.4, 0.5) is 0 Å². The number of hydrogen-bond acceptors (Lipinski definition) is 2. The van der Waals surface area contributed by atoms with Crippen LogP contribution in [0.3, 0.4) is 0 Å². The van der Waals surface area contributed by atoms with Crippen molar-refractivity contribution in [2.75, 3.05) is 21.1 Å². The molecule has 0 saturated heterocycles. The van der Waals surface area contributed by atoms with Gasteiger partial charge in [-0.1, -0.05) is 6.58 Å². The highest BCUT2D eigenvalue weighted by molar-refractivity contribution is 6.00. The van der Waals surface area contributed by atoms with E-state index in [-0.39, 0.29) is 5.78 Å². The van der Waals surface area contributed by atoms with Crippen LogP contribution >= 0.6 is 0 Å². The summed E-state index contributed by atoms with van der Waals surface area (Å²) in [4.78, 5) is 11.5. The molecule has 0 N–H and O–H groups in total. The van der Waals surface area contributed by atoms with Crippen LogP contribution in [-0.4, -0.2) is 37.5 Å². The number of Topliss-reactive ketones (excluding diaryl/α,β-unsaturated/α-hetero) is 1. The molecule has 0 amide bonds. The molecule has 0 radical (unpaired) electrons. The van der Waals surface area contributed by atoms with Crippen LogP contribution in [0.5, 0.6) is 0 Å². The van der Waals surface area contributed by atoms with Gasteiger partial charge in [0.05, 0.1) is 21.1 Å². The molecule has 0 aromatic carbocycles. The van der Waals surface area contributed by atoms with Gasteiger partial charge in [-0.25, -0.2) is 0 Å². The van der Waals surface area contributed by atoms with Crippen molar-refractivity contribution in [2.24, 2.45) is 0 Å². The Morgan fingerprint density at radius 3 is 2.31 bits per heavy atom. The second-order valence-electron chi connectivity index (χ2n) is 4.22. The number of likely N-dealkylation sites (N-methyl/N-ethyl adjacent to an activating group) is 1. The summed E-state index contributed by atoms with van der Waals surface area (Å²) in [7, 11) is 6.02. The monoisotopic (exact) mass is 182 g/mol. The lowest BCUT2D eigenvalue weighted by Gasteiger charge is -2.35. The quantitative estimate of drug-likeness (QED) is 0.482. The molecule has 1 unspecified atom stereocenters. The van der Waals surface area contributed by atoms with Crippen molar-refractivity contribution in [1.82, 2.24) is 0 Å². The number of carbonyl (C=O) groups is 1. The van der Waals surface area contributed by atoms with Crippen LogP contribution in [0.2, 0.25) is 0 Å². The van der Waals surface area contributed by atoms with Crippen LogP contribution in [-0.2, 0) is 9.53 Å². The Hall–Kier alpha value is -1.09. The minimum absolute atomic E-state index is 0.0226. The summed E-state index contributed by atoms with van der Waals surface area (Å²) in [5.74, 6) is -0.0226. The van der Waals surface area contributed by atoms with Crippen molar-refractivity contribution in [3.63, 3.8) is 0 Å². The van der Waals surface area contributed by atoms with E-state index in [1.807, 2.05) is 21.1 Å². The molecule has 1 heterocycles. The minimum Gasteiger partial charge on any atom is -0.473 e. The second-order valence-corrected chi connectivity index (χ2v) is 4.22. The molecule has 0 aromatic rings. The standard InChI is InChI=1S/C10H16NO2/c1-7(2)9(12)10-8(6-13-10)11(3,4)5/h6,10H,1H2,2-5H3/q+1. The fourth-order valence-electron chi connectivity index (χ4n) is 1.13. The van der Waals surface area contributed by atoms with Gasteiger partial charge in [0.1, 0.15) is 6.26 Å². The highest BCUT2D eigenvalue weighted by atomic mass is 16.5. The molecule has 0 bridgehead atoms. The number of ketones is 1. The van der Waals surface area contributed by atoms with Crippen LogP contribution in [0, 0.1) is 0 Å². The Balaban J connectivity index is 2.76. The van der Waals surface area contributed by atoms with E-state index < -0.39 is 6.10 Å². The van der Waals surface area contributed by atoms with E-state index in [9.17, 15) is 4.79 Å². The lowest BCUT2D eigenvalue weighted by atomic mass is 10.0. The molecule has 0 aromatic heterocycles. The van der Waals surface area contributed by atoms with Gasteiger partial charge >= 0.3 is 0 Å². The number of quaternary nitrogens is 1. The number of carbonyl (C=O) groups excluding carboxylic acids is 1.